The van der Waals surface area contributed by atoms with Crippen molar-refractivity contribution in [1.82, 2.24) is 14.9 Å². The predicted octanol–water partition coefficient (Wildman–Crippen LogP) is 3.83. The summed E-state index contributed by atoms with van der Waals surface area (Å²) in [7, 11) is 0. The van der Waals surface area contributed by atoms with E-state index in [9.17, 15) is 22.4 Å². The number of amides is 1. The lowest BCUT2D eigenvalue weighted by atomic mass is 9.89. The topological polar surface area (TPSA) is 55.6 Å². The van der Waals surface area contributed by atoms with E-state index in [1.165, 1.54) is 6.20 Å². The second-order valence-electron chi connectivity index (χ2n) is 6.61. The lowest BCUT2D eigenvalue weighted by Gasteiger charge is -2.35. The van der Waals surface area contributed by atoms with Gasteiger partial charge in [0.25, 0.3) is 5.91 Å². The molecule has 1 aliphatic carbocycles. The Balaban J connectivity index is 1.35. The summed E-state index contributed by atoms with van der Waals surface area (Å²) in [5, 5.41) is 6.96. The number of hydrogen-bond donors (Lipinski definition) is 1. The van der Waals surface area contributed by atoms with E-state index in [0.29, 0.717) is 30.0 Å². The Morgan fingerprint density at radius 1 is 1.21 bits per heavy atom. The molecule has 2 heterocycles. The predicted molar refractivity (Wildman–Crippen MR) is 91.5 cm³/mol. The Hall–Kier alpha value is -3.10. The molecule has 0 bridgehead atoms. The van der Waals surface area contributed by atoms with Gasteiger partial charge in [0.15, 0.2) is 0 Å². The van der Waals surface area contributed by atoms with Gasteiger partial charge in [0.05, 0.1) is 22.8 Å². The number of alkyl halides is 3. The maximum absolute atomic E-state index is 13.3. The maximum Gasteiger partial charge on any atom is 0.419 e. The molecule has 1 aromatic carbocycles. The Morgan fingerprint density at radius 3 is 2.75 bits per heavy atom. The Bertz CT molecular complexity index is 1030. The zero-order valence-corrected chi connectivity index (χ0v) is 14.4. The molecular formula is C19H15F4N3O2. The van der Waals surface area contributed by atoms with Crippen molar-refractivity contribution in [2.24, 2.45) is 0 Å². The summed E-state index contributed by atoms with van der Waals surface area (Å²) in [6.07, 6.45) is -1.02. The molecule has 1 aliphatic rings. The number of carbonyl (C=O) groups is 1. The lowest BCUT2D eigenvalue weighted by Crippen LogP contribution is -2.49. The number of halogens is 4. The second-order valence-corrected chi connectivity index (χ2v) is 6.61. The number of rotatable bonds is 4. The van der Waals surface area contributed by atoms with E-state index in [-0.39, 0.29) is 23.8 Å². The molecule has 0 aliphatic heterocycles. The smallest absolute Gasteiger partial charge is 0.419 e. The molecule has 2 aromatic heterocycles. The van der Waals surface area contributed by atoms with Crippen molar-refractivity contribution >= 4 is 11.4 Å². The van der Waals surface area contributed by atoms with Crippen LogP contribution in [0, 0.1) is 5.82 Å². The van der Waals surface area contributed by atoms with Crippen LogP contribution in [0.25, 0.3) is 5.52 Å². The Kier molecular flexibility index (Phi) is 4.44. The van der Waals surface area contributed by atoms with Crippen LogP contribution in [0.4, 0.5) is 17.6 Å². The molecule has 4 rings (SSSR count). The van der Waals surface area contributed by atoms with Crippen molar-refractivity contribution in [2.75, 3.05) is 0 Å². The van der Waals surface area contributed by atoms with Crippen molar-refractivity contribution in [3.05, 3.63) is 65.7 Å². The first kappa shape index (κ1) is 18.3. The molecule has 1 N–H and O–H groups in total. The molecule has 0 unspecified atom stereocenters. The van der Waals surface area contributed by atoms with E-state index in [0.717, 1.165) is 12.1 Å². The number of aromatic nitrogens is 2. The minimum Gasteiger partial charge on any atom is -0.490 e. The summed E-state index contributed by atoms with van der Waals surface area (Å²) in [4.78, 5) is 12.4. The van der Waals surface area contributed by atoms with Gasteiger partial charge in [-0.15, -0.1) is 0 Å². The molecule has 0 radical (unpaired) electrons. The molecule has 146 valence electrons. The molecule has 0 saturated heterocycles. The van der Waals surface area contributed by atoms with Crippen LogP contribution < -0.4 is 10.1 Å². The monoisotopic (exact) mass is 393 g/mol. The van der Waals surface area contributed by atoms with E-state index in [1.807, 2.05) is 0 Å². The van der Waals surface area contributed by atoms with Crippen molar-refractivity contribution in [2.45, 2.75) is 31.2 Å². The van der Waals surface area contributed by atoms with E-state index in [2.05, 4.69) is 10.4 Å². The number of benzene rings is 1. The lowest BCUT2D eigenvalue weighted by molar-refractivity contribution is -0.140. The number of hydrogen-bond acceptors (Lipinski definition) is 3. The van der Waals surface area contributed by atoms with Gasteiger partial charge in [-0.25, -0.2) is 8.91 Å². The van der Waals surface area contributed by atoms with Crippen molar-refractivity contribution in [3.63, 3.8) is 0 Å². The molecule has 0 spiro atoms. The van der Waals surface area contributed by atoms with E-state index < -0.39 is 17.6 Å². The summed E-state index contributed by atoms with van der Waals surface area (Å²) in [5.74, 6) is -1.66. The van der Waals surface area contributed by atoms with Gasteiger partial charge in [0.2, 0.25) is 0 Å². The van der Waals surface area contributed by atoms with Gasteiger partial charge in [0, 0.05) is 25.1 Å². The summed E-state index contributed by atoms with van der Waals surface area (Å²) < 4.78 is 58.7. The average molecular weight is 393 g/mol. The molecule has 3 aromatic rings. The maximum atomic E-state index is 13.3. The highest BCUT2D eigenvalue weighted by atomic mass is 19.4. The Labute approximate surface area is 156 Å². The molecule has 1 saturated carbocycles. The first-order chi connectivity index (χ1) is 13.3. The minimum atomic E-state index is -4.78. The molecule has 0 atom stereocenters. The fourth-order valence-corrected chi connectivity index (χ4v) is 3.14. The third-order valence-electron chi connectivity index (χ3n) is 4.65. The number of pyridine rings is 1. The highest BCUT2D eigenvalue weighted by Gasteiger charge is 2.36. The van der Waals surface area contributed by atoms with E-state index in [4.69, 9.17) is 4.74 Å². The average Bonchev–Trinajstić information content (AvgIpc) is 3.04. The van der Waals surface area contributed by atoms with Gasteiger partial charge in [0.1, 0.15) is 17.7 Å². The standard InChI is InChI=1S/C19H15F4N3O2/c20-16-5-4-12(9-15(16)19(21,22)23)28-13-7-11(8-13)25-18(27)14-10-24-26-6-2-1-3-17(14)26/h1-6,9-11,13H,7-8H2,(H,25,27). The van der Waals surface area contributed by atoms with Gasteiger partial charge in [-0.3, -0.25) is 4.79 Å². The van der Waals surface area contributed by atoms with Crippen molar-refractivity contribution in [1.29, 1.82) is 0 Å². The van der Waals surface area contributed by atoms with Gasteiger partial charge in [-0.05, 0) is 30.3 Å². The van der Waals surface area contributed by atoms with Gasteiger partial charge in [-0.2, -0.15) is 18.3 Å². The summed E-state index contributed by atoms with van der Waals surface area (Å²) in [5.41, 5.74) is -0.237. The van der Waals surface area contributed by atoms with Crippen LogP contribution >= 0.6 is 0 Å². The summed E-state index contributed by atoms with van der Waals surface area (Å²) in [6, 6.07) is 7.78. The van der Waals surface area contributed by atoms with Gasteiger partial charge < -0.3 is 10.1 Å². The van der Waals surface area contributed by atoms with Crippen molar-refractivity contribution in [3.8, 4) is 5.75 Å². The first-order valence-electron chi connectivity index (χ1n) is 8.58. The van der Waals surface area contributed by atoms with Crippen LogP contribution in [0.1, 0.15) is 28.8 Å². The first-order valence-corrected chi connectivity index (χ1v) is 8.58. The number of nitrogens with zero attached hydrogens (tertiary/aromatic N) is 2. The molecule has 1 amide bonds. The van der Waals surface area contributed by atoms with Gasteiger partial charge in [-0.1, -0.05) is 6.07 Å². The number of fused-ring (bicyclic) bond motifs is 1. The van der Waals surface area contributed by atoms with Crippen LogP contribution in [-0.2, 0) is 6.18 Å². The minimum absolute atomic E-state index is 0.0499. The fourth-order valence-electron chi connectivity index (χ4n) is 3.14. The van der Waals surface area contributed by atoms with Crippen LogP contribution in [0.3, 0.4) is 0 Å². The van der Waals surface area contributed by atoms with E-state index >= 15 is 0 Å². The molecule has 28 heavy (non-hydrogen) atoms. The van der Waals surface area contributed by atoms with Crippen LogP contribution in [-0.4, -0.2) is 27.7 Å². The highest BCUT2D eigenvalue weighted by Crippen LogP contribution is 2.35. The zero-order chi connectivity index (χ0) is 19.9. The van der Waals surface area contributed by atoms with Gasteiger partial charge >= 0.3 is 6.18 Å². The quantitative estimate of drug-likeness (QED) is 0.686. The van der Waals surface area contributed by atoms with Crippen LogP contribution in [0.15, 0.2) is 48.8 Å². The third kappa shape index (κ3) is 3.51. The van der Waals surface area contributed by atoms with Crippen LogP contribution in [0.2, 0.25) is 0 Å². The fraction of sp³-hybridized carbons (Fsp3) is 0.263. The van der Waals surface area contributed by atoms with Crippen molar-refractivity contribution < 1.29 is 27.1 Å². The van der Waals surface area contributed by atoms with Crippen LogP contribution in [0.5, 0.6) is 5.75 Å². The largest absolute Gasteiger partial charge is 0.490 e. The second kappa shape index (κ2) is 6.81. The highest BCUT2D eigenvalue weighted by molar-refractivity contribution is 6.00. The summed E-state index contributed by atoms with van der Waals surface area (Å²) in [6.45, 7) is 0. The molecule has 5 nitrogen and oxygen atoms in total. The normalized spacial score (nSPS) is 19.3. The third-order valence-corrected chi connectivity index (χ3v) is 4.65. The Morgan fingerprint density at radius 2 is 2.00 bits per heavy atom. The molecular weight excluding hydrogens is 378 g/mol. The van der Waals surface area contributed by atoms with E-state index in [1.54, 1.807) is 28.9 Å². The summed E-state index contributed by atoms with van der Waals surface area (Å²) >= 11 is 0. The molecule has 9 heteroatoms. The number of carbonyl (C=O) groups excluding carboxylic acids is 1. The zero-order valence-electron chi connectivity index (χ0n) is 14.4. The number of nitrogens with one attached hydrogen (secondary N) is 1. The number of ether oxygens (including phenoxy) is 1. The molecule has 1 fully saturated rings. The SMILES string of the molecule is O=C(NC1CC(Oc2ccc(F)c(C(F)(F)F)c2)C1)c1cnn2ccccc12.